The Bertz CT molecular complexity index is 646. The van der Waals surface area contributed by atoms with Crippen molar-refractivity contribution in [1.29, 1.82) is 0 Å². The maximum atomic E-state index is 12.4. The summed E-state index contributed by atoms with van der Waals surface area (Å²) in [4.78, 5) is 28.9. The zero-order chi connectivity index (χ0) is 15.5. The molecule has 0 bridgehead atoms. The van der Waals surface area contributed by atoms with Gasteiger partial charge in [0.25, 0.3) is 5.91 Å². The zero-order valence-corrected chi connectivity index (χ0v) is 13.3. The summed E-state index contributed by atoms with van der Waals surface area (Å²) in [6.45, 7) is 1.49. The fourth-order valence-electron chi connectivity index (χ4n) is 2.39. The second kappa shape index (κ2) is 6.37. The van der Waals surface area contributed by atoms with Gasteiger partial charge in [-0.05, 0) is 0 Å². The lowest BCUT2D eigenvalue weighted by Gasteiger charge is -2.33. The van der Waals surface area contributed by atoms with Gasteiger partial charge in [0.05, 0.1) is 18.7 Å². The van der Waals surface area contributed by atoms with Crippen molar-refractivity contribution in [3.05, 3.63) is 34.7 Å². The van der Waals surface area contributed by atoms with Gasteiger partial charge in [-0.3, -0.25) is 9.78 Å². The molecule has 1 atom stereocenters. The van der Waals surface area contributed by atoms with Gasteiger partial charge in [0.15, 0.2) is 5.82 Å². The summed E-state index contributed by atoms with van der Waals surface area (Å²) < 4.78 is 5.81. The number of nitrogens with zero attached hydrogens (tertiary/aromatic N) is 5. The number of carbonyl (C=O) groups excluding carboxylic acids is 1. The Morgan fingerprint density at radius 3 is 2.91 bits per heavy atom. The molecule has 0 unspecified atom stereocenters. The highest BCUT2D eigenvalue weighted by atomic mass is 32.1. The molecule has 2 aromatic rings. The number of rotatable bonds is 3. The summed E-state index contributed by atoms with van der Waals surface area (Å²) >= 11 is 1.42. The van der Waals surface area contributed by atoms with Crippen LogP contribution >= 0.6 is 11.3 Å². The van der Waals surface area contributed by atoms with Gasteiger partial charge < -0.3 is 14.5 Å². The lowest BCUT2D eigenvalue weighted by molar-refractivity contribution is -0.0247. The Morgan fingerprint density at radius 2 is 2.18 bits per heavy atom. The number of carbonyl (C=O) groups is 1. The van der Waals surface area contributed by atoms with Crippen molar-refractivity contribution >= 4 is 23.1 Å². The van der Waals surface area contributed by atoms with Gasteiger partial charge in [0.2, 0.25) is 0 Å². The first-order chi connectivity index (χ1) is 10.7. The van der Waals surface area contributed by atoms with Crippen LogP contribution in [0, 0.1) is 0 Å². The van der Waals surface area contributed by atoms with E-state index in [-0.39, 0.29) is 12.0 Å². The van der Waals surface area contributed by atoms with Crippen molar-refractivity contribution in [1.82, 2.24) is 19.9 Å². The van der Waals surface area contributed by atoms with Gasteiger partial charge in [-0.2, -0.15) is 0 Å². The van der Waals surface area contributed by atoms with Crippen LogP contribution in [0.3, 0.4) is 0 Å². The third-order valence-electron chi connectivity index (χ3n) is 3.44. The largest absolute Gasteiger partial charge is 0.368 e. The summed E-state index contributed by atoms with van der Waals surface area (Å²) in [5.74, 6) is 0.695. The van der Waals surface area contributed by atoms with Crippen LogP contribution < -0.4 is 4.90 Å². The van der Waals surface area contributed by atoms with Gasteiger partial charge in [0.1, 0.15) is 17.5 Å². The van der Waals surface area contributed by atoms with Crippen LogP contribution in [0.15, 0.2) is 23.3 Å². The molecule has 22 heavy (non-hydrogen) atoms. The Hall–Kier alpha value is -2.06. The van der Waals surface area contributed by atoms with E-state index in [2.05, 4.69) is 15.0 Å². The van der Waals surface area contributed by atoms with Crippen LogP contribution in [0.4, 0.5) is 5.82 Å². The number of ether oxygens (including phenoxy) is 1. The van der Waals surface area contributed by atoms with Crippen molar-refractivity contribution in [3.63, 3.8) is 0 Å². The van der Waals surface area contributed by atoms with E-state index in [0.29, 0.717) is 25.4 Å². The normalized spacial score (nSPS) is 18.3. The molecule has 0 spiro atoms. The van der Waals surface area contributed by atoms with Crippen LogP contribution in [0.25, 0.3) is 0 Å². The molecule has 1 aliphatic heterocycles. The molecule has 0 radical (unpaired) electrons. The highest BCUT2D eigenvalue weighted by molar-refractivity contribution is 7.07. The molecule has 2 aromatic heterocycles. The van der Waals surface area contributed by atoms with E-state index in [1.165, 1.54) is 11.3 Å². The molecular formula is C14H17N5O2S. The molecule has 0 aliphatic carbocycles. The molecule has 7 nitrogen and oxygen atoms in total. The Labute approximate surface area is 132 Å². The molecule has 3 rings (SSSR count). The second-order valence-electron chi connectivity index (χ2n) is 5.14. The van der Waals surface area contributed by atoms with E-state index in [1.807, 2.05) is 19.0 Å². The van der Waals surface area contributed by atoms with Crippen molar-refractivity contribution in [2.45, 2.75) is 6.10 Å². The van der Waals surface area contributed by atoms with Crippen molar-refractivity contribution in [2.24, 2.45) is 0 Å². The van der Waals surface area contributed by atoms with Crippen LogP contribution in [0.5, 0.6) is 0 Å². The predicted octanol–water partition coefficient (Wildman–Crippen LogP) is 1.21. The van der Waals surface area contributed by atoms with Gasteiger partial charge in [-0.25, -0.2) is 9.97 Å². The van der Waals surface area contributed by atoms with E-state index < -0.39 is 0 Å². The highest BCUT2D eigenvalue weighted by Gasteiger charge is 2.29. The number of hydrogen-bond acceptors (Lipinski definition) is 7. The standard InChI is InChI=1S/C14H17N5O2S/c1-18(2)13-12(15-3-4-16-13)11-7-19(5-6-21-11)14(20)10-8-22-9-17-10/h3-4,8-9,11H,5-7H2,1-2H3/t11-/m1/s1. The van der Waals surface area contributed by atoms with Crippen LogP contribution in [0.2, 0.25) is 0 Å². The number of anilines is 1. The molecular weight excluding hydrogens is 302 g/mol. The predicted molar refractivity (Wildman–Crippen MR) is 83.1 cm³/mol. The number of aromatic nitrogens is 3. The molecule has 0 saturated carbocycles. The number of hydrogen-bond donors (Lipinski definition) is 0. The van der Waals surface area contributed by atoms with Crippen LogP contribution in [-0.4, -0.2) is 59.6 Å². The third kappa shape index (κ3) is 2.93. The van der Waals surface area contributed by atoms with E-state index in [9.17, 15) is 4.79 Å². The first-order valence-corrected chi connectivity index (χ1v) is 7.88. The molecule has 1 aliphatic rings. The second-order valence-corrected chi connectivity index (χ2v) is 5.86. The summed E-state index contributed by atoms with van der Waals surface area (Å²) in [5.41, 5.74) is 2.90. The molecule has 1 fully saturated rings. The van der Waals surface area contributed by atoms with Gasteiger partial charge in [0, 0.05) is 38.4 Å². The van der Waals surface area contributed by atoms with Crippen LogP contribution in [-0.2, 0) is 4.74 Å². The van der Waals surface area contributed by atoms with Gasteiger partial charge in [-0.15, -0.1) is 11.3 Å². The van der Waals surface area contributed by atoms with Crippen molar-refractivity contribution < 1.29 is 9.53 Å². The first kappa shape index (κ1) is 14.9. The monoisotopic (exact) mass is 319 g/mol. The number of morpholine rings is 1. The molecule has 1 saturated heterocycles. The highest BCUT2D eigenvalue weighted by Crippen LogP contribution is 2.27. The van der Waals surface area contributed by atoms with Gasteiger partial charge in [-0.1, -0.05) is 0 Å². The molecule has 1 amide bonds. The lowest BCUT2D eigenvalue weighted by atomic mass is 10.2. The molecule has 116 valence electrons. The maximum absolute atomic E-state index is 12.4. The quantitative estimate of drug-likeness (QED) is 0.847. The SMILES string of the molecule is CN(C)c1nccnc1[C@H]1CN(C(=O)c2cscn2)CCO1. The topological polar surface area (TPSA) is 71.5 Å². The van der Waals surface area contributed by atoms with Crippen molar-refractivity contribution in [3.8, 4) is 0 Å². The maximum Gasteiger partial charge on any atom is 0.273 e. The van der Waals surface area contributed by atoms with E-state index in [0.717, 1.165) is 11.5 Å². The summed E-state index contributed by atoms with van der Waals surface area (Å²) in [6, 6.07) is 0. The fourth-order valence-corrected chi connectivity index (χ4v) is 2.92. The average Bonchev–Trinajstić information content (AvgIpc) is 3.08. The van der Waals surface area contributed by atoms with Crippen LogP contribution in [0.1, 0.15) is 22.3 Å². The van der Waals surface area contributed by atoms with Gasteiger partial charge >= 0.3 is 0 Å². The van der Waals surface area contributed by atoms with E-state index in [4.69, 9.17) is 4.74 Å². The molecule has 8 heteroatoms. The number of amides is 1. The number of thiazole rings is 1. The lowest BCUT2D eigenvalue weighted by Crippen LogP contribution is -2.43. The van der Waals surface area contributed by atoms with E-state index >= 15 is 0 Å². The molecule has 3 heterocycles. The molecule has 0 aromatic carbocycles. The zero-order valence-electron chi connectivity index (χ0n) is 12.5. The molecule has 0 N–H and O–H groups in total. The summed E-state index contributed by atoms with van der Waals surface area (Å²) in [5, 5.41) is 1.76. The Morgan fingerprint density at radius 1 is 1.36 bits per heavy atom. The average molecular weight is 319 g/mol. The Balaban J connectivity index is 1.80. The summed E-state index contributed by atoms with van der Waals surface area (Å²) in [6.07, 6.45) is 3.02. The fraction of sp³-hybridized carbons (Fsp3) is 0.429. The minimum atomic E-state index is -0.276. The smallest absolute Gasteiger partial charge is 0.273 e. The minimum Gasteiger partial charge on any atom is -0.368 e. The van der Waals surface area contributed by atoms with Crippen molar-refractivity contribution in [2.75, 3.05) is 38.7 Å². The first-order valence-electron chi connectivity index (χ1n) is 6.94. The minimum absolute atomic E-state index is 0.0650. The van der Waals surface area contributed by atoms with E-state index in [1.54, 1.807) is 28.2 Å². The third-order valence-corrected chi connectivity index (χ3v) is 4.03. The Kier molecular flexibility index (Phi) is 4.30. The summed E-state index contributed by atoms with van der Waals surface area (Å²) in [7, 11) is 3.82.